The fraction of sp³-hybridized carbons (Fsp3) is 0.0714. The molecule has 0 saturated carbocycles. The summed E-state index contributed by atoms with van der Waals surface area (Å²) in [5.74, 6) is 0. The topological polar surface area (TPSA) is 57.4 Å². The molecule has 0 fully saturated rings. The van der Waals surface area contributed by atoms with Crippen LogP contribution in [0, 0.1) is 0 Å². The van der Waals surface area contributed by atoms with Crippen LogP contribution in [0.25, 0.3) is 45.9 Å². The van der Waals surface area contributed by atoms with E-state index in [1.54, 1.807) is 30.3 Å². The summed E-state index contributed by atoms with van der Waals surface area (Å²) in [5.41, 5.74) is 1.87. The molecule has 0 aliphatic carbocycles. The van der Waals surface area contributed by atoms with Gasteiger partial charge in [-0.2, -0.15) is 26.3 Å². The number of fused-ring (bicyclic) bond motifs is 8. The van der Waals surface area contributed by atoms with Crippen molar-refractivity contribution in [2.75, 3.05) is 0 Å². The maximum atomic E-state index is 13.5. The Morgan fingerprint density at radius 3 is 1.50 bits per heavy atom. The Bertz CT molecular complexity index is 1770. The van der Waals surface area contributed by atoms with Crippen molar-refractivity contribution in [1.29, 1.82) is 0 Å². The van der Waals surface area contributed by atoms with Gasteiger partial charge < -0.3 is 9.97 Å². The second kappa shape index (κ2) is 8.47. The van der Waals surface area contributed by atoms with Gasteiger partial charge in [-0.05, 0) is 90.5 Å². The second-order valence-electron chi connectivity index (χ2n) is 8.88. The largest absolute Gasteiger partial charge is 0.416 e. The highest BCUT2D eigenvalue weighted by atomic mass is 19.4. The number of hydrogen-bond donors (Lipinski definition) is 2. The number of halogens is 6. The molecule has 4 nitrogen and oxygen atoms in total. The van der Waals surface area contributed by atoms with Gasteiger partial charge in [0.05, 0.1) is 33.9 Å². The standard InChI is InChI=1S/C28H16F6N4/c29-27(30,31)16-7-15(8-17(9-16)28(32,33)34)25-13-24-12-22-4-3-20(36-22)10-18-1-2-19(35-18)11-21-5-6-23(37-21)14-26(25)38-24/h1-14,36-37H. The molecular formula is C28H16F6N4. The lowest BCUT2D eigenvalue weighted by molar-refractivity contribution is -0.143. The summed E-state index contributed by atoms with van der Waals surface area (Å²) in [5, 5.41) is 0. The normalized spacial score (nSPS) is 13.6. The predicted octanol–water partition coefficient (Wildman–Crippen LogP) is 8.11. The van der Waals surface area contributed by atoms with E-state index in [2.05, 4.69) is 19.9 Å². The molecule has 0 radical (unpaired) electrons. The number of nitrogens with zero attached hydrogens (tertiary/aromatic N) is 2. The monoisotopic (exact) mass is 522 g/mol. The first-order valence-corrected chi connectivity index (χ1v) is 11.4. The number of rotatable bonds is 1. The first kappa shape index (κ1) is 23.8. The average molecular weight is 522 g/mol. The lowest BCUT2D eigenvalue weighted by atomic mass is 9.97. The van der Waals surface area contributed by atoms with Crippen LogP contribution in [0.4, 0.5) is 26.3 Å². The molecule has 0 spiro atoms. The smallest absolute Gasteiger partial charge is 0.355 e. The van der Waals surface area contributed by atoms with Gasteiger partial charge >= 0.3 is 12.4 Å². The van der Waals surface area contributed by atoms with Crippen molar-refractivity contribution < 1.29 is 26.3 Å². The number of nitrogens with one attached hydrogen (secondary N) is 2. The average Bonchev–Trinajstić information content (AvgIpc) is 3.63. The van der Waals surface area contributed by atoms with E-state index in [0.717, 1.165) is 11.2 Å². The van der Waals surface area contributed by atoms with Crippen LogP contribution in [-0.2, 0) is 12.4 Å². The number of aromatic amines is 2. The summed E-state index contributed by atoms with van der Waals surface area (Å²) in [4.78, 5) is 15.5. The quantitative estimate of drug-likeness (QED) is 0.214. The van der Waals surface area contributed by atoms with E-state index in [-0.39, 0.29) is 22.9 Å². The van der Waals surface area contributed by atoms with Gasteiger partial charge in [0, 0.05) is 27.6 Å². The molecule has 0 saturated heterocycles. The van der Waals surface area contributed by atoms with Crippen molar-refractivity contribution in [2.24, 2.45) is 0 Å². The second-order valence-corrected chi connectivity index (χ2v) is 8.88. The number of aromatic nitrogens is 4. The molecule has 1 aromatic carbocycles. The van der Waals surface area contributed by atoms with E-state index >= 15 is 0 Å². The highest BCUT2D eigenvalue weighted by molar-refractivity contribution is 5.93. The summed E-state index contributed by atoms with van der Waals surface area (Å²) in [6, 6.07) is 15.6. The van der Waals surface area contributed by atoms with Crippen LogP contribution in [0.2, 0.25) is 0 Å². The highest BCUT2D eigenvalue weighted by Crippen LogP contribution is 2.39. The van der Waals surface area contributed by atoms with Crippen LogP contribution in [-0.4, -0.2) is 19.9 Å². The third kappa shape index (κ3) is 4.72. The summed E-state index contributed by atoms with van der Waals surface area (Å²) in [6.07, 6.45) is -4.71. The van der Waals surface area contributed by atoms with Crippen molar-refractivity contribution in [1.82, 2.24) is 19.9 Å². The molecule has 2 aliphatic rings. The molecule has 6 rings (SSSR count). The van der Waals surface area contributed by atoms with Gasteiger partial charge in [0.1, 0.15) is 0 Å². The van der Waals surface area contributed by atoms with Crippen LogP contribution in [0.1, 0.15) is 39.5 Å². The van der Waals surface area contributed by atoms with Gasteiger partial charge in [-0.25, -0.2) is 9.97 Å². The highest BCUT2D eigenvalue weighted by Gasteiger charge is 2.37. The summed E-state index contributed by atoms with van der Waals surface area (Å²) < 4.78 is 81.3. The van der Waals surface area contributed by atoms with Crippen LogP contribution in [0.15, 0.2) is 66.7 Å². The third-order valence-corrected chi connectivity index (χ3v) is 6.06. The van der Waals surface area contributed by atoms with Gasteiger partial charge in [-0.15, -0.1) is 0 Å². The Morgan fingerprint density at radius 1 is 0.526 bits per heavy atom. The molecule has 0 unspecified atom stereocenters. The van der Waals surface area contributed by atoms with E-state index in [1.807, 2.05) is 30.4 Å². The van der Waals surface area contributed by atoms with Crippen LogP contribution in [0.3, 0.4) is 0 Å². The Hall–Kier alpha value is -4.60. The lowest BCUT2D eigenvalue weighted by Gasteiger charge is -2.14. The molecule has 2 N–H and O–H groups in total. The summed E-state index contributed by atoms with van der Waals surface area (Å²) in [7, 11) is 0. The molecule has 10 heteroatoms. The van der Waals surface area contributed by atoms with Crippen LogP contribution >= 0.6 is 0 Å². The molecule has 0 amide bonds. The predicted molar refractivity (Wildman–Crippen MR) is 133 cm³/mol. The Labute approximate surface area is 211 Å². The third-order valence-electron chi connectivity index (χ3n) is 6.06. The SMILES string of the molecule is FC(F)(F)c1cc(C2=Cc3cc4ccc(cc5nc(cc6ccc(cc2n3)[nH]6)C=C5)[nH]4)cc(C(F)(F)F)c1. The maximum absolute atomic E-state index is 13.5. The molecule has 0 atom stereocenters. The minimum atomic E-state index is -4.96. The number of benzene rings is 1. The minimum absolute atomic E-state index is 0.116. The number of alkyl halides is 6. The molecule has 190 valence electrons. The summed E-state index contributed by atoms with van der Waals surface area (Å²) >= 11 is 0. The molecular weight excluding hydrogens is 506 g/mol. The number of hydrogen-bond acceptors (Lipinski definition) is 2. The van der Waals surface area contributed by atoms with Crippen molar-refractivity contribution in [3.05, 3.63) is 106 Å². The van der Waals surface area contributed by atoms with Gasteiger partial charge in [0.25, 0.3) is 0 Å². The van der Waals surface area contributed by atoms with Crippen molar-refractivity contribution in [3.8, 4) is 0 Å². The first-order valence-electron chi connectivity index (χ1n) is 11.4. The van der Waals surface area contributed by atoms with Gasteiger partial charge in [0.2, 0.25) is 0 Å². The fourth-order valence-corrected chi connectivity index (χ4v) is 4.36. The van der Waals surface area contributed by atoms with Crippen LogP contribution in [0.5, 0.6) is 0 Å². The van der Waals surface area contributed by atoms with Crippen molar-refractivity contribution in [2.45, 2.75) is 12.4 Å². The van der Waals surface area contributed by atoms with Crippen molar-refractivity contribution >= 4 is 45.9 Å². The molecule has 5 heterocycles. The zero-order chi connectivity index (χ0) is 26.7. The minimum Gasteiger partial charge on any atom is -0.355 e. The summed E-state index contributed by atoms with van der Waals surface area (Å²) in [6.45, 7) is 0. The van der Waals surface area contributed by atoms with E-state index in [4.69, 9.17) is 0 Å². The zero-order valence-electron chi connectivity index (χ0n) is 19.2. The maximum Gasteiger partial charge on any atom is 0.416 e. The Balaban J connectivity index is 1.62. The first-order chi connectivity index (χ1) is 18.0. The van der Waals surface area contributed by atoms with Gasteiger partial charge in [0.15, 0.2) is 0 Å². The molecule has 3 aromatic heterocycles. The van der Waals surface area contributed by atoms with E-state index in [9.17, 15) is 26.3 Å². The Kier molecular flexibility index (Phi) is 5.30. The lowest BCUT2D eigenvalue weighted by Crippen LogP contribution is -2.11. The van der Waals surface area contributed by atoms with Crippen LogP contribution < -0.4 is 0 Å². The molecule has 2 aliphatic heterocycles. The zero-order valence-corrected chi connectivity index (χ0v) is 19.2. The van der Waals surface area contributed by atoms with Gasteiger partial charge in [-0.3, -0.25) is 0 Å². The molecule has 38 heavy (non-hydrogen) atoms. The van der Waals surface area contributed by atoms with Gasteiger partial charge in [-0.1, -0.05) is 0 Å². The Morgan fingerprint density at radius 2 is 1.00 bits per heavy atom. The molecule has 8 bridgehead atoms. The fourth-order valence-electron chi connectivity index (χ4n) is 4.36. The molecule has 4 aromatic rings. The van der Waals surface area contributed by atoms with E-state index in [1.165, 1.54) is 6.08 Å². The van der Waals surface area contributed by atoms with Crippen molar-refractivity contribution in [3.63, 3.8) is 0 Å². The number of H-pyrrole nitrogens is 2. The van der Waals surface area contributed by atoms with E-state index in [0.29, 0.717) is 40.1 Å². The van der Waals surface area contributed by atoms with E-state index < -0.39 is 23.5 Å².